The first-order valence-electron chi connectivity index (χ1n) is 6.29. The maximum Gasteiger partial charge on any atom is 0.217 e. The summed E-state index contributed by atoms with van der Waals surface area (Å²) in [5.74, 6) is 0.627. The first-order valence-corrected chi connectivity index (χ1v) is 6.67. The number of hydrogen-bond donors (Lipinski definition) is 1. The highest BCUT2D eigenvalue weighted by atomic mass is 35.5. The van der Waals surface area contributed by atoms with Gasteiger partial charge in [-0.3, -0.25) is 0 Å². The van der Waals surface area contributed by atoms with Crippen LogP contribution in [0.4, 0.5) is 0 Å². The molecule has 2 aromatic carbocycles. The molecule has 0 radical (unpaired) electrons. The molecule has 100 valence electrons. The van der Waals surface area contributed by atoms with Crippen molar-refractivity contribution in [2.75, 3.05) is 0 Å². The van der Waals surface area contributed by atoms with Crippen molar-refractivity contribution in [2.45, 2.75) is 6.61 Å². The molecule has 0 unspecified atom stereocenters. The van der Waals surface area contributed by atoms with E-state index in [0.717, 1.165) is 16.7 Å². The molecule has 0 aliphatic carbocycles. The molecule has 3 nitrogen and oxygen atoms in total. The normalized spacial score (nSPS) is 10.4. The molecule has 0 amide bonds. The van der Waals surface area contributed by atoms with Crippen molar-refractivity contribution in [3.63, 3.8) is 0 Å². The number of hydrogen-bond acceptors (Lipinski definition) is 2. The van der Waals surface area contributed by atoms with Gasteiger partial charge >= 0.3 is 0 Å². The van der Waals surface area contributed by atoms with Gasteiger partial charge in [-0.25, -0.2) is 5.10 Å². The van der Waals surface area contributed by atoms with Crippen LogP contribution in [0.1, 0.15) is 5.56 Å². The third-order valence-corrected chi connectivity index (χ3v) is 3.32. The SMILES string of the molecule is Clc1ccccc1-c1cn[nH]c1OCc1ccccc1. The van der Waals surface area contributed by atoms with Crippen molar-refractivity contribution in [1.29, 1.82) is 0 Å². The van der Waals surface area contributed by atoms with Gasteiger partial charge in [0.15, 0.2) is 0 Å². The van der Waals surface area contributed by atoms with Gasteiger partial charge in [0.25, 0.3) is 0 Å². The Hall–Kier alpha value is -2.26. The molecular formula is C16H13ClN2O. The van der Waals surface area contributed by atoms with E-state index in [9.17, 15) is 0 Å². The van der Waals surface area contributed by atoms with E-state index < -0.39 is 0 Å². The number of aromatic amines is 1. The molecule has 0 aliphatic rings. The minimum atomic E-state index is 0.487. The lowest BCUT2D eigenvalue weighted by Gasteiger charge is -2.07. The topological polar surface area (TPSA) is 37.9 Å². The Labute approximate surface area is 122 Å². The standard InChI is InChI=1S/C16H13ClN2O/c17-15-9-5-4-8-13(15)14-10-18-19-16(14)20-11-12-6-2-1-3-7-12/h1-10H,11H2,(H,18,19). The van der Waals surface area contributed by atoms with Gasteiger partial charge in [0, 0.05) is 10.6 Å². The van der Waals surface area contributed by atoms with E-state index in [4.69, 9.17) is 16.3 Å². The van der Waals surface area contributed by atoms with Gasteiger partial charge in [-0.1, -0.05) is 60.1 Å². The lowest BCUT2D eigenvalue weighted by molar-refractivity contribution is 0.294. The van der Waals surface area contributed by atoms with Crippen molar-refractivity contribution < 1.29 is 4.74 Å². The van der Waals surface area contributed by atoms with Gasteiger partial charge in [0.2, 0.25) is 5.88 Å². The molecule has 1 heterocycles. The third-order valence-electron chi connectivity index (χ3n) is 2.99. The van der Waals surface area contributed by atoms with Crippen LogP contribution < -0.4 is 4.74 Å². The van der Waals surface area contributed by atoms with Crippen LogP contribution in [0.5, 0.6) is 5.88 Å². The summed E-state index contributed by atoms with van der Waals surface area (Å²) in [4.78, 5) is 0. The lowest BCUT2D eigenvalue weighted by Crippen LogP contribution is -1.96. The molecule has 0 atom stereocenters. The molecule has 3 rings (SSSR count). The highest BCUT2D eigenvalue weighted by molar-refractivity contribution is 6.33. The fourth-order valence-electron chi connectivity index (χ4n) is 1.99. The van der Waals surface area contributed by atoms with Gasteiger partial charge < -0.3 is 4.74 Å². The van der Waals surface area contributed by atoms with Gasteiger partial charge in [-0.2, -0.15) is 5.10 Å². The van der Waals surface area contributed by atoms with E-state index in [2.05, 4.69) is 10.2 Å². The molecule has 0 saturated heterocycles. The van der Waals surface area contributed by atoms with E-state index >= 15 is 0 Å². The molecule has 0 saturated carbocycles. The predicted octanol–water partition coefficient (Wildman–Crippen LogP) is 4.31. The number of aromatic nitrogens is 2. The number of rotatable bonds is 4. The second-order valence-corrected chi connectivity index (χ2v) is 4.77. The van der Waals surface area contributed by atoms with Crippen LogP contribution >= 0.6 is 11.6 Å². The summed E-state index contributed by atoms with van der Waals surface area (Å²) < 4.78 is 5.80. The Bertz CT molecular complexity index is 694. The molecule has 3 aromatic rings. The van der Waals surface area contributed by atoms with E-state index in [1.165, 1.54) is 0 Å². The second-order valence-electron chi connectivity index (χ2n) is 4.37. The van der Waals surface area contributed by atoms with Crippen LogP contribution in [-0.2, 0) is 6.61 Å². The van der Waals surface area contributed by atoms with Crippen molar-refractivity contribution in [1.82, 2.24) is 10.2 Å². The van der Waals surface area contributed by atoms with Crippen molar-refractivity contribution >= 4 is 11.6 Å². The summed E-state index contributed by atoms with van der Waals surface area (Å²) in [5.41, 5.74) is 2.88. The molecule has 0 aliphatic heterocycles. The summed E-state index contributed by atoms with van der Waals surface area (Å²) in [7, 11) is 0. The van der Waals surface area contributed by atoms with E-state index in [1.807, 2.05) is 54.6 Å². The van der Waals surface area contributed by atoms with Gasteiger partial charge in [0.05, 0.1) is 11.8 Å². The molecule has 1 aromatic heterocycles. The Morgan fingerprint density at radius 3 is 2.50 bits per heavy atom. The van der Waals surface area contributed by atoms with E-state index in [-0.39, 0.29) is 0 Å². The van der Waals surface area contributed by atoms with Crippen LogP contribution in [0, 0.1) is 0 Å². The molecule has 4 heteroatoms. The zero-order valence-electron chi connectivity index (χ0n) is 10.7. The molecule has 0 spiro atoms. The predicted molar refractivity (Wildman–Crippen MR) is 79.8 cm³/mol. The fourth-order valence-corrected chi connectivity index (χ4v) is 2.22. The summed E-state index contributed by atoms with van der Waals surface area (Å²) in [6, 6.07) is 17.6. The summed E-state index contributed by atoms with van der Waals surface area (Å²) in [5, 5.41) is 7.59. The molecule has 0 bridgehead atoms. The molecule has 0 fully saturated rings. The maximum atomic E-state index is 6.21. The Morgan fingerprint density at radius 1 is 0.950 bits per heavy atom. The average Bonchev–Trinajstić information content (AvgIpc) is 2.95. The van der Waals surface area contributed by atoms with Gasteiger partial charge in [-0.15, -0.1) is 0 Å². The van der Waals surface area contributed by atoms with Crippen LogP contribution in [0.3, 0.4) is 0 Å². The third kappa shape index (κ3) is 2.68. The quantitative estimate of drug-likeness (QED) is 0.775. The van der Waals surface area contributed by atoms with E-state index in [0.29, 0.717) is 17.5 Å². The fraction of sp³-hybridized carbons (Fsp3) is 0.0625. The number of halogens is 1. The Morgan fingerprint density at radius 2 is 1.70 bits per heavy atom. The molecule has 1 N–H and O–H groups in total. The van der Waals surface area contributed by atoms with Crippen LogP contribution in [0.15, 0.2) is 60.8 Å². The van der Waals surface area contributed by atoms with Crippen LogP contribution in [0.2, 0.25) is 5.02 Å². The number of H-pyrrole nitrogens is 1. The summed E-state index contributed by atoms with van der Waals surface area (Å²) >= 11 is 6.21. The van der Waals surface area contributed by atoms with Gasteiger partial charge in [-0.05, 0) is 11.6 Å². The van der Waals surface area contributed by atoms with E-state index in [1.54, 1.807) is 6.20 Å². The second kappa shape index (κ2) is 5.80. The number of ether oxygens (including phenoxy) is 1. The highest BCUT2D eigenvalue weighted by Gasteiger charge is 2.11. The summed E-state index contributed by atoms with van der Waals surface area (Å²) in [6.07, 6.45) is 1.72. The Kier molecular flexibility index (Phi) is 3.70. The first-order chi connectivity index (χ1) is 9.84. The highest BCUT2D eigenvalue weighted by Crippen LogP contribution is 2.33. The summed E-state index contributed by atoms with van der Waals surface area (Å²) in [6.45, 7) is 0.487. The van der Waals surface area contributed by atoms with Gasteiger partial charge in [0.1, 0.15) is 6.61 Å². The van der Waals surface area contributed by atoms with Crippen LogP contribution in [-0.4, -0.2) is 10.2 Å². The largest absolute Gasteiger partial charge is 0.473 e. The maximum absolute atomic E-state index is 6.21. The number of nitrogens with zero attached hydrogens (tertiary/aromatic N) is 1. The first kappa shape index (κ1) is 12.8. The van der Waals surface area contributed by atoms with Crippen molar-refractivity contribution in [2.24, 2.45) is 0 Å². The lowest BCUT2D eigenvalue weighted by atomic mass is 10.1. The zero-order chi connectivity index (χ0) is 13.8. The molecular weight excluding hydrogens is 272 g/mol. The molecule has 20 heavy (non-hydrogen) atoms. The van der Waals surface area contributed by atoms with Crippen LogP contribution in [0.25, 0.3) is 11.1 Å². The van der Waals surface area contributed by atoms with Crippen molar-refractivity contribution in [3.8, 4) is 17.0 Å². The smallest absolute Gasteiger partial charge is 0.217 e. The number of benzene rings is 2. The zero-order valence-corrected chi connectivity index (χ0v) is 11.5. The number of nitrogens with one attached hydrogen (secondary N) is 1. The Balaban J connectivity index is 1.83. The minimum absolute atomic E-state index is 0.487. The average molecular weight is 285 g/mol. The monoisotopic (exact) mass is 284 g/mol. The minimum Gasteiger partial charge on any atom is -0.473 e. The van der Waals surface area contributed by atoms with Crippen molar-refractivity contribution in [3.05, 3.63) is 71.4 Å².